The highest BCUT2D eigenvalue weighted by Gasteiger charge is 2.27. The highest BCUT2D eigenvalue weighted by atomic mass is 35.5. The summed E-state index contributed by atoms with van der Waals surface area (Å²) in [5.74, 6) is 0.708. The maximum Gasteiger partial charge on any atom is 0.253 e. The zero-order valence-electron chi connectivity index (χ0n) is 13.3. The van der Waals surface area contributed by atoms with Gasteiger partial charge in [0.25, 0.3) is 5.91 Å². The van der Waals surface area contributed by atoms with Gasteiger partial charge in [-0.25, -0.2) is 0 Å². The zero-order chi connectivity index (χ0) is 14.5. The molecule has 2 N–H and O–H groups in total. The van der Waals surface area contributed by atoms with Crippen LogP contribution in [-0.2, 0) is 0 Å². The van der Waals surface area contributed by atoms with Crippen LogP contribution in [0.5, 0.6) is 0 Å². The fraction of sp³-hybridized carbons (Fsp3) is 0.562. The van der Waals surface area contributed by atoms with Gasteiger partial charge in [0.15, 0.2) is 0 Å². The zero-order valence-corrected chi connectivity index (χ0v) is 15.0. The van der Waals surface area contributed by atoms with E-state index in [9.17, 15) is 4.79 Å². The Labute approximate surface area is 145 Å². The first kappa shape index (κ1) is 21.0. The van der Waals surface area contributed by atoms with Crippen molar-refractivity contribution in [1.82, 2.24) is 9.80 Å². The van der Waals surface area contributed by atoms with Gasteiger partial charge >= 0.3 is 0 Å². The van der Waals surface area contributed by atoms with E-state index < -0.39 is 0 Å². The van der Waals surface area contributed by atoms with E-state index in [4.69, 9.17) is 5.73 Å². The van der Waals surface area contributed by atoms with Crippen LogP contribution < -0.4 is 5.73 Å². The number of halogens is 2. The van der Waals surface area contributed by atoms with Crippen LogP contribution in [-0.4, -0.2) is 48.4 Å². The number of nitrogens with zero attached hydrogens (tertiary/aromatic N) is 2. The molecule has 1 heterocycles. The SMILES string of the molecule is CCN(CC)CC1CCN(C(=O)c2cccc(N)c2)C1.Cl.Cl. The fourth-order valence-electron chi connectivity index (χ4n) is 2.87. The number of likely N-dealkylation sites (tertiary alicyclic amines) is 1. The first-order valence-electron chi connectivity index (χ1n) is 7.51. The lowest BCUT2D eigenvalue weighted by Crippen LogP contribution is -2.33. The average molecular weight is 348 g/mol. The number of nitrogens with two attached hydrogens (primary N) is 1. The first-order valence-corrected chi connectivity index (χ1v) is 7.51. The van der Waals surface area contributed by atoms with Gasteiger partial charge in [0.1, 0.15) is 0 Å². The van der Waals surface area contributed by atoms with Crippen LogP contribution in [0.25, 0.3) is 0 Å². The van der Waals surface area contributed by atoms with Gasteiger partial charge in [0, 0.05) is 30.9 Å². The average Bonchev–Trinajstić information content (AvgIpc) is 2.92. The van der Waals surface area contributed by atoms with Crippen molar-refractivity contribution in [3.63, 3.8) is 0 Å². The number of amides is 1. The number of nitrogen functional groups attached to an aromatic ring is 1. The van der Waals surface area contributed by atoms with E-state index in [1.54, 1.807) is 6.07 Å². The maximum atomic E-state index is 12.4. The van der Waals surface area contributed by atoms with Gasteiger partial charge in [0.2, 0.25) is 0 Å². The Bertz CT molecular complexity index is 466. The molecule has 1 aromatic rings. The van der Waals surface area contributed by atoms with Crippen LogP contribution in [0.4, 0.5) is 5.69 Å². The van der Waals surface area contributed by atoms with E-state index in [0.717, 1.165) is 39.1 Å². The van der Waals surface area contributed by atoms with E-state index in [1.165, 1.54) is 0 Å². The molecule has 1 aliphatic heterocycles. The second kappa shape index (κ2) is 9.93. The summed E-state index contributed by atoms with van der Waals surface area (Å²) in [6, 6.07) is 7.26. The monoisotopic (exact) mass is 347 g/mol. The second-order valence-corrected chi connectivity index (χ2v) is 5.52. The quantitative estimate of drug-likeness (QED) is 0.833. The van der Waals surface area contributed by atoms with Crippen LogP contribution in [0.2, 0.25) is 0 Å². The summed E-state index contributed by atoms with van der Waals surface area (Å²) in [7, 11) is 0. The minimum Gasteiger partial charge on any atom is -0.399 e. The van der Waals surface area contributed by atoms with E-state index in [2.05, 4.69) is 18.7 Å². The Morgan fingerprint density at radius 1 is 1.32 bits per heavy atom. The molecule has 4 nitrogen and oxygen atoms in total. The van der Waals surface area contributed by atoms with Crippen molar-refractivity contribution in [2.45, 2.75) is 20.3 Å². The topological polar surface area (TPSA) is 49.6 Å². The van der Waals surface area contributed by atoms with E-state index in [0.29, 0.717) is 17.2 Å². The summed E-state index contributed by atoms with van der Waals surface area (Å²) in [5, 5.41) is 0. The van der Waals surface area contributed by atoms with Crippen molar-refractivity contribution in [2.24, 2.45) is 5.92 Å². The van der Waals surface area contributed by atoms with Crippen LogP contribution >= 0.6 is 24.8 Å². The molecule has 1 amide bonds. The third-order valence-electron chi connectivity index (χ3n) is 4.12. The molecule has 22 heavy (non-hydrogen) atoms. The number of hydrogen-bond acceptors (Lipinski definition) is 3. The Morgan fingerprint density at radius 3 is 2.59 bits per heavy atom. The highest BCUT2D eigenvalue weighted by molar-refractivity contribution is 5.95. The third kappa shape index (κ3) is 5.34. The Morgan fingerprint density at radius 2 is 2.00 bits per heavy atom. The second-order valence-electron chi connectivity index (χ2n) is 5.52. The van der Waals surface area contributed by atoms with Crippen molar-refractivity contribution >= 4 is 36.4 Å². The van der Waals surface area contributed by atoms with Gasteiger partial charge in [-0.3, -0.25) is 4.79 Å². The van der Waals surface area contributed by atoms with E-state index in [1.807, 2.05) is 23.1 Å². The number of rotatable bonds is 5. The Balaban J connectivity index is 0.00000220. The molecule has 0 radical (unpaired) electrons. The summed E-state index contributed by atoms with van der Waals surface area (Å²) in [6.45, 7) is 9.35. The van der Waals surface area contributed by atoms with Crippen LogP contribution in [0.3, 0.4) is 0 Å². The van der Waals surface area contributed by atoms with Gasteiger partial charge in [-0.05, 0) is 43.6 Å². The Kier molecular flexibility index (Phi) is 9.49. The maximum absolute atomic E-state index is 12.4. The fourth-order valence-corrected chi connectivity index (χ4v) is 2.87. The molecular weight excluding hydrogens is 321 g/mol. The summed E-state index contributed by atoms with van der Waals surface area (Å²) >= 11 is 0. The largest absolute Gasteiger partial charge is 0.399 e. The third-order valence-corrected chi connectivity index (χ3v) is 4.12. The first-order chi connectivity index (χ1) is 9.63. The molecular formula is C16H27Cl2N3O. The number of hydrogen-bond donors (Lipinski definition) is 1. The molecule has 0 bridgehead atoms. The summed E-state index contributed by atoms with van der Waals surface area (Å²) < 4.78 is 0. The van der Waals surface area contributed by atoms with Crippen molar-refractivity contribution in [2.75, 3.05) is 38.5 Å². The van der Waals surface area contributed by atoms with Crippen molar-refractivity contribution in [1.29, 1.82) is 0 Å². The molecule has 0 aliphatic carbocycles. The molecule has 1 unspecified atom stereocenters. The summed E-state index contributed by atoms with van der Waals surface area (Å²) in [4.78, 5) is 16.8. The van der Waals surface area contributed by atoms with Crippen LogP contribution in [0.15, 0.2) is 24.3 Å². The van der Waals surface area contributed by atoms with Crippen molar-refractivity contribution < 1.29 is 4.79 Å². The molecule has 1 saturated heterocycles. The molecule has 126 valence electrons. The highest BCUT2D eigenvalue weighted by Crippen LogP contribution is 2.20. The Hall–Kier alpha value is -0.970. The predicted molar refractivity (Wildman–Crippen MR) is 97.1 cm³/mol. The normalized spacial score (nSPS) is 17.0. The minimum absolute atomic E-state index is 0. The molecule has 1 atom stereocenters. The van der Waals surface area contributed by atoms with Crippen LogP contribution in [0, 0.1) is 5.92 Å². The van der Waals surface area contributed by atoms with Gasteiger partial charge in [-0.2, -0.15) is 0 Å². The summed E-state index contributed by atoms with van der Waals surface area (Å²) in [6.07, 6.45) is 1.10. The molecule has 1 fully saturated rings. The summed E-state index contributed by atoms with van der Waals surface area (Å²) in [5.41, 5.74) is 7.10. The predicted octanol–water partition coefficient (Wildman–Crippen LogP) is 2.92. The van der Waals surface area contributed by atoms with Crippen molar-refractivity contribution in [3.05, 3.63) is 29.8 Å². The lowest BCUT2D eigenvalue weighted by molar-refractivity contribution is 0.0784. The van der Waals surface area contributed by atoms with Gasteiger partial charge in [-0.15, -0.1) is 24.8 Å². The lowest BCUT2D eigenvalue weighted by Gasteiger charge is -2.22. The minimum atomic E-state index is 0. The number of benzene rings is 1. The molecule has 1 aromatic carbocycles. The lowest BCUT2D eigenvalue weighted by atomic mass is 10.1. The van der Waals surface area contributed by atoms with Crippen LogP contribution in [0.1, 0.15) is 30.6 Å². The molecule has 0 aromatic heterocycles. The molecule has 6 heteroatoms. The standard InChI is InChI=1S/C16H25N3O.2ClH/c1-3-18(4-2)11-13-8-9-19(12-13)16(20)14-6-5-7-15(17)10-14;;/h5-7,10,13H,3-4,8-9,11-12,17H2,1-2H3;2*1H. The van der Waals surface area contributed by atoms with Gasteiger partial charge in [0.05, 0.1) is 0 Å². The van der Waals surface area contributed by atoms with Gasteiger partial charge in [-0.1, -0.05) is 19.9 Å². The molecule has 0 spiro atoms. The molecule has 2 rings (SSSR count). The smallest absolute Gasteiger partial charge is 0.253 e. The van der Waals surface area contributed by atoms with Gasteiger partial charge < -0.3 is 15.5 Å². The number of carbonyl (C=O) groups excluding carboxylic acids is 1. The molecule has 0 saturated carbocycles. The number of carbonyl (C=O) groups is 1. The number of anilines is 1. The molecule has 1 aliphatic rings. The van der Waals surface area contributed by atoms with Crippen molar-refractivity contribution in [3.8, 4) is 0 Å². The van der Waals surface area contributed by atoms with E-state index >= 15 is 0 Å². The van der Waals surface area contributed by atoms with E-state index in [-0.39, 0.29) is 30.7 Å².